The maximum absolute atomic E-state index is 6.10. The summed E-state index contributed by atoms with van der Waals surface area (Å²) in [6, 6.07) is 17.7. The van der Waals surface area contributed by atoms with E-state index in [2.05, 4.69) is 76.2 Å². The van der Waals surface area contributed by atoms with Crippen LogP contribution >= 0.6 is 0 Å². The molecule has 2 saturated carbocycles. The van der Waals surface area contributed by atoms with Gasteiger partial charge in [-0.15, -0.1) is 0 Å². The number of hydrogen-bond donors (Lipinski definition) is 0. The van der Waals surface area contributed by atoms with Crippen LogP contribution in [0, 0.1) is 36.0 Å². The first-order valence-electron chi connectivity index (χ1n) is 12.3. The van der Waals surface area contributed by atoms with Crippen LogP contribution in [0.5, 0.6) is 5.75 Å². The van der Waals surface area contributed by atoms with Gasteiger partial charge in [-0.25, -0.2) is 0 Å². The number of hydrogen-bond acceptors (Lipinski definition) is 1. The lowest BCUT2D eigenvalue weighted by Crippen LogP contribution is -2.46. The summed E-state index contributed by atoms with van der Waals surface area (Å²) in [4.78, 5) is 0. The Balaban J connectivity index is 1.34. The van der Waals surface area contributed by atoms with Crippen molar-refractivity contribution in [2.45, 2.75) is 71.6 Å². The van der Waals surface area contributed by atoms with E-state index in [0.717, 1.165) is 41.9 Å². The van der Waals surface area contributed by atoms with Gasteiger partial charge < -0.3 is 4.74 Å². The van der Waals surface area contributed by atoms with Crippen molar-refractivity contribution in [1.82, 2.24) is 0 Å². The Morgan fingerprint density at radius 2 is 1.77 bits per heavy atom. The van der Waals surface area contributed by atoms with E-state index in [1.807, 2.05) is 0 Å². The summed E-state index contributed by atoms with van der Waals surface area (Å²) in [5, 5.41) is 0. The van der Waals surface area contributed by atoms with E-state index in [1.54, 1.807) is 11.1 Å². The van der Waals surface area contributed by atoms with Gasteiger partial charge in [-0.3, -0.25) is 0 Å². The van der Waals surface area contributed by atoms with Crippen molar-refractivity contribution in [3.63, 3.8) is 0 Å². The molecule has 0 N–H and O–H groups in total. The molecule has 2 fully saturated rings. The predicted molar refractivity (Wildman–Crippen MR) is 125 cm³/mol. The standard InChI is InChI=1S/C29H38O/c1-19-10-12-24-25-14-16-29(4)22(15-17-30-23-8-6-5-7-9-23)11-13-27(29)28(25)21(3)20(2)26(24)18-19/h5-10,12,18,20-22,25,27-28H,11,13-17H2,1-4H3/t20?,21?,22-,25?,27?,28?,29?/m1/s1. The Labute approximate surface area is 183 Å². The second-order valence-electron chi connectivity index (χ2n) is 10.8. The third-order valence-corrected chi connectivity index (χ3v) is 9.54. The summed E-state index contributed by atoms with van der Waals surface area (Å²) >= 11 is 0. The molecule has 0 radical (unpaired) electrons. The number of fused-ring (bicyclic) bond motifs is 5. The summed E-state index contributed by atoms with van der Waals surface area (Å²) in [5.74, 6) is 5.82. The van der Waals surface area contributed by atoms with E-state index in [4.69, 9.17) is 4.74 Å². The van der Waals surface area contributed by atoms with Gasteiger partial charge in [0.15, 0.2) is 0 Å². The monoisotopic (exact) mass is 402 g/mol. The molecular weight excluding hydrogens is 364 g/mol. The van der Waals surface area contributed by atoms with Gasteiger partial charge >= 0.3 is 0 Å². The third-order valence-electron chi connectivity index (χ3n) is 9.54. The SMILES string of the molecule is Cc1ccc2c(c1)C(C)C(C)C1C2CCC2(C)C1CC[C@@H]2CCOc1ccccc1. The molecule has 0 aromatic heterocycles. The van der Waals surface area contributed by atoms with Gasteiger partial charge in [0.25, 0.3) is 0 Å². The molecule has 160 valence electrons. The van der Waals surface area contributed by atoms with E-state index in [-0.39, 0.29) is 0 Å². The number of benzene rings is 2. The second kappa shape index (κ2) is 7.74. The van der Waals surface area contributed by atoms with Gasteiger partial charge in [-0.05, 0) is 103 Å². The van der Waals surface area contributed by atoms with E-state index >= 15 is 0 Å². The zero-order valence-electron chi connectivity index (χ0n) is 19.2. The predicted octanol–water partition coefficient (Wildman–Crippen LogP) is 7.74. The molecule has 0 spiro atoms. The average molecular weight is 403 g/mol. The first-order chi connectivity index (χ1) is 14.5. The summed E-state index contributed by atoms with van der Waals surface area (Å²) < 4.78 is 6.10. The van der Waals surface area contributed by atoms with Crippen molar-refractivity contribution in [3.8, 4) is 5.75 Å². The molecule has 2 aromatic rings. The molecule has 0 saturated heterocycles. The van der Waals surface area contributed by atoms with Crippen LogP contribution in [0.4, 0.5) is 0 Å². The number of para-hydroxylation sites is 1. The minimum absolute atomic E-state index is 0.497. The minimum Gasteiger partial charge on any atom is -0.494 e. The topological polar surface area (TPSA) is 9.23 Å². The Morgan fingerprint density at radius 3 is 2.57 bits per heavy atom. The van der Waals surface area contributed by atoms with Crippen molar-refractivity contribution in [2.24, 2.45) is 29.1 Å². The maximum atomic E-state index is 6.10. The lowest BCUT2D eigenvalue weighted by molar-refractivity contribution is -0.00482. The lowest BCUT2D eigenvalue weighted by atomic mass is 9.50. The van der Waals surface area contributed by atoms with Gasteiger partial charge in [-0.2, -0.15) is 0 Å². The van der Waals surface area contributed by atoms with Crippen molar-refractivity contribution in [2.75, 3.05) is 6.61 Å². The molecule has 7 atom stereocenters. The molecule has 6 unspecified atom stereocenters. The van der Waals surface area contributed by atoms with E-state index in [9.17, 15) is 0 Å². The molecule has 30 heavy (non-hydrogen) atoms. The van der Waals surface area contributed by atoms with E-state index in [1.165, 1.54) is 37.7 Å². The average Bonchev–Trinajstić information content (AvgIpc) is 3.08. The molecule has 5 rings (SSSR count). The Morgan fingerprint density at radius 1 is 0.967 bits per heavy atom. The molecule has 0 heterocycles. The second-order valence-corrected chi connectivity index (χ2v) is 10.8. The number of ether oxygens (including phenoxy) is 1. The molecule has 3 aliphatic rings. The molecule has 0 amide bonds. The summed E-state index contributed by atoms with van der Waals surface area (Å²) in [6.45, 7) is 10.8. The highest BCUT2D eigenvalue weighted by Crippen LogP contribution is 2.66. The first kappa shape index (κ1) is 20.2. The van der Waals surface area contributed by atoms with Gasteiger partial charge in [-0.1, -0.05) is 62.7 Å². The van der Waals surface area contributed by atoms with Crippen LogP contribution in [-0.2, 0) is 0 Å². The van der Waals surface area contributed by atoms with Crippen molar-refractivity contribution >= 4 is 0 Å². The van der Waals surface area contributed by atoms with Crippen LogP contribution in [0.15, 0.2) is 48.5 Å². The van der Waals surface area contributed by atoms with Gasteiger partial charge in [0.1, 0.15) is 5.75 Å². The number of aryl methyl sites for hydroxylation is 1. The largest absolute Gasteiger partial charge is 0.494 e. The normalized spacial score (nSPS) is 37.2. The van der Waals surface area contributed by atoms with Crippen molar-refractivity contribution in [1.29, 1.82) is 0 Å². The molecule has 1 nitrogen and oxygen atoms in total. The fraction of sp³-hybridized carbons (Fsp3) is 0.586. The van der Waals surface area contributed by atoms with Crippen LogP contribution in [0.3, 0.4) is 0 Å². The Hall–Kier alpha value is -1.76. The summed E-state index contributed by atoms with van der Waals surface area (Å²) in [6.07, 6.45) is 6.79. The quantitative estimate of drug-likeness (QED) is 0.508. The highest BCUT2D eigenvalue weighted by atomic mass is 16.5. The fourth-order valence-corrected chi connectivity index (χ4v) is 7.75. The summed E-state index contributed by atoms with van der Waals surface area (Å²) in [5.41, 5.74) is 5.26. The molecule has 0 bridgehead atoms. The smallest absolute Gasteiger partial charge is 0.119 e. The van der Waals surface area contributed by atoms with Crippen LogP contribution in [0.2, 0.25) is 0 Å². The highest BCUT2D eigenvalue weighted by Gasteiger charge is 2.56. The van der Waals surface area contributed by atoms with Gasteiger partial charge in [0, 0.05) is 0 Å². The minimum atomic E-state index is 0.497. The zero-order valence-corrected chi connectivity index (χ0v) is 19.2. The molecule has 2 aromatic carbocycles. The van der Waals surface area contributed by atoms with Crippen LogP contribution < -0.4 is 4.74 Å². The van der Waals surface area contributed by atoms with E-state index in [0.29, 0.717) is 11.3 Å². The van der Waals surface area contributed by atoms with E-state index < -0.39 is 0 Å². The van der Waals surface area contributed by atoms with Crippen molar-refractivity contribution < 1.29 is 4.74 Å². The van der Waals surface area contributed by atoms with Crippen molar-refractivity contribution in [3.05, 3.63) is 65.2 Å². The molecule has 0 aliphatic heterocycles. The van der Waals surface area contributed by atoms with Gasteiger partial charge in [0.05, 0.1) is 6.61 Å². The molecular formula is C29H38O. The highest BCUT2D eigenvalue weighted by molar-refractivity contribution is 5.41. The maximum Gasteiger partial charge on any atom is 0.119 e. The lowest BCUT2D eigenvalue weighted by Gasteiger charge is -2.55. The summed E-state index contributed by atoms with van der Waals surface area (Å²) in [7, 11) is 0. The number of rotatable bonds is 4. The third kappa shape index (κ3) is 3.20. The Bertz CT molecular complexity index is 886. The van der Waals surface area contributed by atoms with Gasteiger partial charge in [0.2, 0.25) is 0 Å². The zero-order chi connectivity index (χ0) is 20.9. The molecule has 3 aliphatic carbocycles. The van der Waals surface area contributed by atoms with Crippen LogP contribution in [0.25, 0.3) is 0 Å². The Kier molecular flexibility index (Phi) is 5.20. The van der Waals surface area contributed by atoms with Crippen LogP contribution in [-0.4, -0.2) is 6.61 Å². The molecule has 1 heteroatoms. The fourth-order valence-electron chi connectivity index (χ4n) is 7.75. The first-order valence-corrected chi connectivity index (χ1v) is 12.3. The van der Waals surface area contributed by atoms with Crippen LogP contribution in [0.1, 0.15) is 81.4 Å².